The van der Waals surface area contributed by atoms with Gasteiger partial charge >= 0.3 is 6.18 Å². The van der Waals surface area contributed by atoms with Crippen LogP contribution in [-0.2, 0) is 0 Å². The van der Waals surface area contributed by atoms with Gasteiger partial charge in [-0.05, 0) is 39.2 Å². The molecule has 2 unspecified atom stereocenters. The molecule has 0 fully saturated rings. The summed E-state index contributed by atoms with van der Waals surface area (Å²) in [4.78, 5) is 0. The van der Waals surface area contributed by atoms with E-state index in [1.54, 1.807) is 0 Å². The molecule has 7 heteroatoms. The molecule has 2 rings (SSSR count). The minimum Gasteiger partial charge on any atom is -0.240 e. The van der Waals surface area contributed by atoms with Crippen molar-refractivity contribution in [3.8, 4) is 11.1 Å². The summed E-state index contributed by atoms with van der Waals surface area (Å²) in [5.74, 6) is 0. The zero-order valence-electron chi connectivity index (χ0n) is 16.4. The summed E-state index contributed by atoms with van der Waals surface area (Å²) >= 11 is 0. The van der Waals surface area contributed by atoms with Crippen molar-refractivity contribution in [1.29, 1.82) is 0 Å². The van der Waals surface area contributed by atoms with E-state index in [9.17, 15) is 26.3 Å². The van der Waals surface area contributed by atoms with Gasteiger partial charge in [0.25, 0.3) is 5.66 Å². The number of halogens is 6. The summed E-state index contributed by atoms with van der Waals surface area (Å²) in [6.07, 6.45) is -6.64. The van der Waals surface area contributed by atoms with Crippen molar-refractivity contribution in [1.82, 2.24) is 0 Å². The number of hydrogen-bond donors (Lipinski definition) is 0. The largest absolute Gasteiger partial charge is 0.389 e. The Bertz CT molecular complexity index is 621. The van der Waals surface area contributed by atoms with Gasteiger partial charge in [0.2, 0.25) is 0 Å². The highest BCUT2D eigenvalue weighted by atomic mass is 31.1. The zero-order valence-corrected chi connectivity index (χ0v) is 17.4. The SMILES string of the molecule is CPC(F)(F)C(F)CCCCCCC(F)(F)F.c1ccc(-c2ccccc2)cc1. The molecule has 0 nitrogen and oxygen atoms in total. The lowest BCUT2D eigenvalue weighted by Crippen LogP contribution is -2.24. The van der Waals surface area contributed by atoms with Crippen LogP contribution < -0.4 is 0 Å². The molecule has 0 aliphatic carbocycles. The Morgan fingerprint density at radius 1 is 0.724 bits per heavy atom. The molecule has 2 aromatic rings. The molecule has 0 amide bonds. The maximum atomic E-state index is 13.0. The third kappa shape index (κ3) is 11.3. The monoisotopic (exact) mass is 436 g/mol. The van der Waals surface area contributed by atoms with Crippen molar-refractivity contribution in [2.24, 2.45) is 0 Å². The van der Waals surface area contributed by atoms with E-state index in [1.165, 1.54) is 17.8 Å². The predicted molar refractivity (Wildman–Crippen MR) is 110 cm³/mol. The van der Waals surface area contributed by atoms with Crippen molar-refractivity contribution in [3.63, 3.8) is 0 Å². The van der Waals surface area contributed by atoms with Gasteiger partial charge in [0.15, 0.2) is 6.17 Å². The van der Waals surface area contributed by atoms with Crippen LogP contribution >= 0.6 is 8.58 Å². The van der Waals surface area contributed by atoms with Crippen LogP contribution in [0.2, 0.25) is 0 Å². The van der Waals surface area contributed by atoms with Crippen LogP contribution in [0.15, 0.2) is 60.7 Å². The molecule has 0 aromatic heterocycles. The molecule has 0 aliphatic heterocycles. The molecule has 0 N–H and O–H groups in total. The average Bonchev–Trinajstić information content (AvgIpc) is 2.71. The van der Waals surface area contributed by atoms with E-state index < -0.39 is 33.0 Å². The van der Waals surface area contributed by atoms with Crippen molar-refractivity contribution in [3.05, 3.63) is 60.7 Å². The average molecular weight is 436 g/mol. The normalized spacial score (nSPS) is 13.2. The first kappa shape index (κ1) is 25.5. The van der Waals surface area contributed by atoms with Gasteiger partial charge in [0.05, 0.1) is 0 Å². The van der Waals surface area contributed by atoms with Crippen molar-refractivity contribution < 1.29 is 26.3 Å². The smallest absolute Gasteiger partial charge is 0.240 e. The predicted octanol–water partition coefficient (Wildman–Crippen LogP) is 8.48. The summed E-state index contributed by atoms with van der Waals surface area (Å²) in [7, 11) is -0.788. The molecule has 2 aromatic carbocycles. The van der Waals surface area contributed by atoms with Gasteiger partial charge in [-0.1, -0.05) is 79.9 Å². The molecule has 2 atom stereocenters. The van der Waals surface area contributed by atoms with Crippen molar-refractivity contribution in [2.45, 2.75) is 56.5 Å². The first-order valence-corrected chi connectivity index (χ1v) is 11.0. The lowest BCUT2D eigenvalue weighted by atomic mass is 10.1. The maximum absolute atomic E-state index is 13.0. The highest BCUT2D eigenvalue weighted by Crippen LogP contribution is 2.39. The van der Waals surface area contributed by atoms with Crippen LogP contribution in [0, 0.1) is 0 Å². The standard InChI is InChI=1S/C12H10.C10H17F6P/c1-3-7-11(8-4-1)12-9-5-2-6-10-12;1-17-10(15,16)8(11)6-4-2-3-5-7-9(12,13)14/h1-10H;8,17H,2-7H2,1H3. The van der Waals surface area contributed by atoms with E-state index in [4.69, 9.17) is 0 Å². The third-order valence-electron chi connectivity index (χ3n) is 4.28. The molecule has 0 heterocycles. The number of benzene rings is 2. The summed E-state index contributed by atoms with van der Waals surface area (Å²) in [5, 5.41) is 0. The Labute approximate surface area is 170 Å². The van der Waals surface area contributed by atoms with Crippen LogP contribution in [0.25, 0.3) is 11.1 Å². The first-order valence-electron chi connectivity index (χ1n) is 9.53. The van der Waals surface area contributed by atoms with Crippen LogP contribution in [0.5, 0.6) is 0 Å². The topological polar surface area (TPSA) is 0 Å². The highest BCUT2D eigenvalue weighted by Gasteiger charge is 2.37. The van der Waals surface area contributed by atoms with E-state index in [2.05, 4.69) is 48.5 Å². The fraction of sp³-hybridized carbons (Fsp3) is 0.455. The van der Waals surface area contributed by atoms with E-state index in [0.29, 0.717) is 12.8 Å². The minimum atomic E-state index is -4.17. The van der Waals surface area contributed by atoms with E-state index in [1.807, 2.05) is 12.1 Å². The van der Waals surface area contributed by atoms with Crippen LogP contribution in [-0.4, -0.2) is 24.7 Å². The van der Waals surface area contributed by atoms with Crippen LogP contribution in [0.3, 0.4) is 0 Å². The van der Waals surface area contributed by atoms with Crippen molar-refractivity contribution in [2.75, 3.05) is 6.66 Å². The lowest BCUT2D eigenvalue weighted by Gasteiger charge is -2.18. The van der Waals surface area contributed by atoms with E-state index >= 15 is 0 Å². The van der Waals surface area contributed by atoms with Gasteiger partial charge in [-0.25, -0.2) is 4.39 Å². The molecule has 0 bridgehead atoms. The Hall–Kier alpha value is -1.55. The van der Waals surface area contributed by atoms with Gasteiger partial charge in [-0.3, -0.25) is 0 Å². The highest BCUT2D eigenvalue weighted by molar-refractivity contribution is 7.38. The van der Waals surface area contributed by atoms with Crippen LogP contribution in [0.4, 0.5) is 26.3 Å². The quantitative estimate of drug-likeness (QED) is 0.210. The first-order chi connectivity index (χ1) is 13.7. The molecule has 29 heavy (non-hydrogen) atoms. The molecule has 162 valence electrons. The second-order valence-corrected chi connectivity index (χ2v) is 7.81. The van der Waals surface area contributed by atoms with E-state index in [-0.39, 0.29) is 19.3 Å². The Morgan fingerprint density at radius 3 is 1.59 bits per heavy atom. The molecule has 0 saturated heterocycles. The number of alkyl halides is 6. The summed E-state index contributed by atoms with van der Waals surface area (Å²) in [6.45, 7) is 1.23. The van der Waals surface area contributed by atoms with Crippen molar-refractivity contribution >= 4 is 8.58 Å². The molecule has 0 aliphatic rings. The molecular weight excluding hydrogens is 409 g/mol. The van der Waals surface area contributed by atoms with Gasteiger partial charge in [-0.2, -0.15) is 22.0 Å². The van der Waals surface area contributed by atoms with Gasteiger partial charge in [0, 0.05) is 6.42 Å². The third-order valence-corrected chi connectivity index (χ3v) is 5.26. The Balaban J connectivity index is 0.000000304. The Morgan fingerprint density at radius 2 is 1.17 bits per heavy atom. The molecule has 0 radical (unpaired) electrons. The molecule has 0 saturated carbocycles. The van der Waals surface area contributed by atoms with Crippen LogP contribution in [0.1, 0.15) is 38.5 Å². The number of rotatable bonds is 9. The van der Waals surface area contributed by atoms with Gasteiger partial charge < -0.3 is 0 Å². The molecular formula is C22H27F6P. The fourth-order valence-corrected chi connectivity index (χ4v) is 3.06. The van der Waals surface area contributed by atoms with Gasteiger partial charge in [0.1, 0.15) is 0 Å². The number of unbranched alkanes of at least 4 members (excludes halogenated alkanes) is 3. The summed E-state index contributed by atoms with van der Waals surface area (Å²) < 4.78 is 73.7. The Kier molecular flexibility index (Phi) is 11.3. The number of hydrogen-bond acceptors (Lipinski definition) is 0. The minimum absolute atomic E-state index is 0.0215. The summed E-state index contributed by atoms with van der Waals surface area (Å²) in [6, 6.07) is 20.8. The second kappa shape index (κ2) is 12.9. The molecule has 0 spiro atoms. The maximum Gasteiger partial charge on any atom is 0.389 e. The second-order valence-electron chi connectivity index (χ2n) is 6.64. The lowest BCUT2D eigenvalue weighted by molar-refractivity contribution is -0.135. The summed E-state index contributed by atoms with van der Waals surface area (Å²) in [5.41, 5.74) is -0.734. The van der Waals surface area contributed by atoms with E-state index in [0.717, 1.165) is 0 Å². The van der Waals surface area contributed by atoms with Gasteiger partial charge in [-0.15, -0.1) is 0 Å². The zero-order chi connectivity index (χ0) is 21.8. The fourth-order valence-electron chi connectivity index (χ4n) is 2.60.